The number of hydrogen-bond donors (Lipinski definition) is 1. The first-order valence-corrected chi connectivity index (χ1v) is 11.5. The number of fused-ring (bicyclic) bond motifs is 2. The van der Waals surface area contributed by atoms with Gasteiger partial charge in [0.25, 0.3) is 17.4 Å². The highest BCUT2D eigenvalue weighted by Gasteiger charge is 2.53. The molecule has 1 aliphatic carbocycles. The Kier molecular flexibility index (Phi) is 4.92. The molecule has 3 aliphatic rings. The van der Waals surface area contributed by atoms with E-state index in [4.69, 9.17) is 0 Å². The van der Waals surface area contributed by atoms with Crippen LogP contribution in [0.3, 0.4) is 0 Å². The van der Waals surface area contributed by atoms with E-state index < -0.39 is 35.4 Å². The molecule has 3 aromatic rings. The normalized spacial score (nSPS) is 19.1. The molecule has 36 heavy (non-hydrogen) atoms. The van der Waals surface area contributed by atoms with Gasteiger partial charge in [-0.25, -0.2) is 14.4 Å². The van der Waals surface area contributed by atoms with Gasteiger partial charge in [0.05, 0.1) is 22.6 Å². The van der Waals surface area contributed by atoms with Gasteiger partial charge >= 0.3 is 0 Å². The zero-order chi connectivity index (χ0) is 25.1. The second kappa shape index (κ2) is 8.04. The Balaban J connectivity index is 1.27. The van der Waals surface area contributed by atoms with Crippen LogP contribution in [0.15, 0.2) is 59.0 Å². The van der Waals surface area contributed by atoms with Crippen molar-refractivity contribution in [2.45, 2.75) is 19.3 Å². The van der Waals surface area contributed by atoms with Gasteiger partial charge in [-0.15, -0.1) is 0 Å². The number of carbonyl (C=O) groups is 4. The van der Waals surface area contributed by atoms with Gasteiger partial charge in [0, 0.05) is 36.0 Å². The van der Waals surface area contributed by atoms with Crippen molar-refractivity contribution in [2.24, 2.45) is 11.8 Å². The van der Waals surface area contributed by atoms with E-state index >= 15 is 0 Å². The minimum atomic E-state index is -0.924. The average molecular weight is 486 g/mol. The zero-order valence-electron chi connectivity index (χ0n) is 18.9. The van der Waals surface area contributed by atoms with E-state index in [9.17, 15) is 28.4 Å². The van der Waals surface area contributed by atoms with E-state index in [1.807, 2.05) is 0 Å². The summed E-state index contributed by atoms with van der Waals surface area (Å²) in [5, 5.41) is 7.70. The molecule has 0 spiro atoms. The van der Waals surface area contributed by atoms with Crippen LogP contribution in [0.25, 0.3) is 10.8 Å². The number of imide groups is 3. The lowest BCUT2D eigenvalue weighted by Crippen LogP contribution is -2.40. The van der Waals surface area contributed by atoms with Crippen LogP contribution in [0, 0.1) is 17.7 Å². The van der Waals surface area contributed by atoms with Gasteiger partial charge in [0.1, 0.15) is 5.82 Å². The first-order valence-electron chi connectivity index (χ1n) is 11.5. The van der Waals surface area contributed by atoms with Crippen molar-refractivity contribution in [3.63, 3.8) is 0 Å². The van der Waals surface area contributed by atoms with Crippen LogP contribution in [0.2, 0.25) is 0 Å². The summed E-state index contributed by atoms with van der Waals surface area (Å²) in [6.07, 6.45) is 2.79. The van der Waals surface area contributed by atoms with Gasteiger partial charge in [0.2, 0.25) is 11.8 Å². The van der Waals surface area contributed by atoms with Gasteiger partial charge in [0.15, 0.2) is 0 Å². The number of H-pyrrole nitrogens is 1. The van der Waals surface area contributed by atoms with Crippen LogP contribution in [-0.4, -0.2) is 50.2 Å². The fraction of sp³-hybridized carbons (Fsp3) is 0.231. The molecule has 1 aromatic heterocycles. The van der Waals surface area contributed by atoms with E-state index in [-0.39, 0.29) is 35.6 Å². The van der Waals surface area contributed by atoms with Crippen molar-refractivity contribution in [3.05, 3.63) is 87.2 Å². The summed E-state index contributed by atoms with van der Waals surface area (Å²) in [6.45, 7) is -0.136. The molecule has 180 valence electrons. The highest BCUT2D eigenvalue weighted by atomic mass is 19.1. The van der Waals surface area contributed by atoms with Gasteiger partial charge in [-0.2, -0.15) is 5.10 Å². The summed E-state index contributed by atoms with van der Waals surface area (Å²) in [4.78, 5) is 64.8. The molecular formula is C26H19FN4O5. The Bertz CT molecular complexity index is 1590. The molecule has 2 aromatic carbocycles. The summed E-state index contributed by atoms with van der Waals surface area (Å²) in [7, 11) is 0. The molecule has 1 saturated heterocycles. The van der Waals surface area contributed by atoms with E-state index in [2.05, 4.69) is 10.2 Å². The third kappa shape index (κ3) is 3.44. The van der Waals surface area contributed by atoms with Crippen LogP contribution in [-0.2, 0) is 20.8 Å². The van der Waals surface area contributed by atoms with Gasteiger partial charge in [-0.05, 0) is 36.6 Å². The Labute approximate surface area is 203 Å². The Morgan fingerprint density at radius 2 is 1.81 bits per heavy atom. The van der Waals surface area contributed by atoms with Crippen molar-refractivity contribution in [2.75, 3.05) is 6.54 Å². The first kappa shape index (κ1) is 22.0. The molecule has 3 heterocycles. The predicted molar refractivity (Wildman–Crippen MR) is 124 cm³/mol. The zero-order valence-corrected chi connectivity index (χ0v) is 18.9. The number of likely N-dealkylation sites (tertiary alicyclic amines) is 1. The molecule has 1 atom stereocenters. The highest BCUT2D eigenvalue weighted by molar-refractivity contribution is 6.25. The van der Waals surface area contributed by atoms with E-state index in [0.717, 1.165) is 4.90 Å². The van der Waals surface area contributed by atoms with Crippen LogP contribution < -0.4 is 5.56 Å². The smallest absolute Gasteiger partial charge is 0.272 e. The summed E-state index contributed by atoms with van der Waals surface area (Å²) < 4.78 is 14.7. The van der Waals surface area contributed by atoms with E-state index in [1.54, 1.807) is 24.3 Å². The number of aromatic amines is 1. The number of nitrogens with one attached hydrogen (secondary N) is 1. The van der Waals surface area contributed by atoms with Crippen LogP contribution in [0.5, 0.6) is 0 Å². The second-order valence-electron chi connectivity index (χ2n) is 9.22. The van der Waals surface area contributed by atoms with Crippen molar-refractivity contribution in [1.82, 2.24) is 20.0 Å². The van der Waals surface area contributed by atoms with Gasteiger partial charge in [-0.1, -0.05) is 24.3 Å². The Morgan fingerprint density at radius 3 is 2.53 bits per heavy atom. The van der Waals surface area contributed by atoms with Crippen molar-refractivity contribution in [3.8, 4) is 0 Å². The van der Waals surface area contributed by atoms with Gasteiger partial charge in [-0.3, -0.25) is 24.0 Å². The minimum Gasteiger partial charge on any atom is -0.313 e. The molecule has 2 aliphatic heterocycles. The summed E-state index contributed by atoms with van der Waals surface area (Å²) in [5.74, 6) is -4.49. The average Bonchev–Trinajstić information content (AvgIpc) is 3.59. The number of hydrogen-bond acceptors (Lipinski definition) is 6. The van der Waals surface area contributed by atoms with Crippen LogP contribution in [0.1, 0.15) is 34.5 Å². The molecule has 9 nitrogen and oxygen atoms in total. The number of benzene rings is 2. The fourth-order valence-corrected chi connectivity index (χ4v) is 4.77. The molecular weight excluding hydrogens is 467 g/mol. The maximum atomic E-state index is 14.7. The Hall–Kier alpha value is -4.47. The lowest BCUT2D eigenvalue weighted by Gasteiger charge is -2.18. The number of aromatic nitrogens is 2. The molecule has 1 N–H and O–H groups in total. The van der Waals surface area contributed by atoms with Crippen molar-refractivity contribution < 1.29 is 23.6 Å². The second-order valence-corrected chi connectivity index (χ2v) is 9.22. The molecule has 1 saturated carbocycles. The van der Waals surface area contributed by atoms with Crippen molar-refractivity contribution in [1.29, 1.82) is 0 Å². The molecule has 2 fully saturated rings. The molecule has 4 amide bonds. The largest absolute Gasteiger partial charge is 0.313 e. The maximum absolute atomic E-state index is 14.7. The number of carbonyl (C=O) groups excluding carboxylic acids is 4. The van der Waals surface area contributed by atoms with E-state index in [1.165, 1.54) is 24.4 Å². The SMILES string of the molecule is O=C(c1cc(Cc2n[nH]c(=O)c3ccccc23)ccc1F)N1C=C2C(=O)N(C(=O)C3CC3)C(=O)C2C1. The van der Waals surface area contributed by atoms with Gasteiger partial charge < -0.3 is 4.90 Å². The fourth-order valence-electron chi connectivity index (χ4n) is 4.77. The summed E-state index contributed by atoms with van der Waals surface area (Å²) in [6, 6.07) is 11.1. The maximum Gasteiger partial charge on any atom is 0.272 e. The lowest BCUT2D eigenvalue weighted by atomic mass is 10.0. The summed E-state index contributed by atoms with van der Waals surface area (Å²) in [5.41, 5.74) is 0.680. The number of amides is 4. The minimum absolute atomic E-state index is 0.0721. The standard InChI is InChI=1S/C26H19FN4O5/c27-20-8-5-13(10-21-15-3-1-2-4-16(15)22(32)29-28-21)9-17(20)24(34)30-11-18-19(12-30)26(36)31(25(18)35)23(33)14-6-7-14/h1-5,8-9,11,14,19H,6-7,10,12H2,(H,29,32). The molecule has 1 unspecified atom stereocenters. The third-order valence-corrected chi connectivity index (χ3v) is 6.83. The first-order chi connectivity index (χ1) is 17.3. The molecule has 6 rings (SSSR count). The highest BCUT2D eigenvalue weighted by Crippen LogP contribution is 2.38. The molecule has 0 bridgehead atoms. The van der Waals surface area contributed by atoms with E-state index in [0.29, 0.717) is 39.8 Å². The topological polar surface area (TPSA) is 121 Å². The third-order valence-electron chi connectivity index (χ3n) is 6.83. The summed E-state index contributed by atoms with van der Waals surface area (Å²) >= 11 is 0. The number of halogens is 1. The molecule has 10 heteroatoms. The van der Waals surface area contributed by atoms with Crippen LogP contribution >= 0.6 is 0 Å². The monoisotopic (exact) mass is 486 g/mol. The Morgan fingerprint density at radius 1 is 1.06 bits per heavy atom. The molecule has 0 radical (unpaired) electrons. The van der Waals surface area contributed by atoms with Crippen molar-refractivity contribution >= 4 is 34.4 Å². The quantitative estimate of drug-likeness (QED) is 0.563. The number of rotatable bonds is 4. The van der Waals surface area contributed by atoms with Crippen LogP contribution in [0.4, 0.5) is 4.39 Å². The lowest BCUT2D eigenvalue weighted by molar-refractivity contribution is -0.150. The number of nitrogens with zero attached hydrogens (tertiary/aromatic N) is 3. The predicted octanol–water partition coefficient (Wildman–Crippen LogP) is 1.91.